The van der Waals surface area contributed by atoms with E-state index in [-0.39, 0.29) is 5.41 Å². The Labute approximate surface area is 68.3 Å². The highest BCUT2D eigenvalue weighted by molar-refractivity contribution is 5.41. The van der Waals surface area contributed by atoms with E-state index in [0.717, 1.165) is 18.4 Å². The van der Waals surface area contributed by atoms with Crippen molar-refractivity contribution in [2.45, 2.75) is 12.8 Å². The van der Waals surface area contributed by atoms with Crippen molar-refractivity contribution in [1.82, 2.24) is 0 Å². The molecule has 11 heavy (non-hydrogen) atoms. The average molecular weight is 144 g/mol. The molecule has 1 aliphatic carbocycles. The van der Waals surface area contributed by atoms with Gasteiger partial charge in [-0.3, -0.25) is 0 Å². The second-order valence-corrected chi connectivity index (χ2v) is 2.79. The zero-order valence-corrected chi connectivity index (χ0v) is 6.64. The number of terminal acetylenes is 1. The summed E-state index contributed by atoms with van der Waals surface area (Å²) in [5, 5.41) is 0. The summed E-state index contributed by atoms with van der Waals surface area (Å²) in [6.07, 6.45) is 13.1. The first-order chi connectivity index (χ1) is 5.29. The van der Waals surface area contributed by atoms with E-state index in [9.17, 15) is 0 Å². The summed E-state index contributed by atoms with van der Waals surface area (Å²) in [4.78, 5) is 0. The molecule has 0 saturated heterocycles. The van der Waals surface area contributed by atoms with Crippen LogP contribution in [0.3, 0.4) is 0 Å². The van der Waals surface area contributed by atoms with E-state index in [1.807, 2.05) is 12.2 Å². The topological polar surface area (TPSA) is 0 Å². The Morgan fingerprint density at radius 2 is 2.09 bits per heavy atom. The molecule has 1 fully saturated rings. The van der Waals surface area contributed by atoms with Crippen LogP contribution in [0.4, 0.5) is 0 Å². The third kappa shape index (κ3) is 1.28. The largest absolute Gasteiger partial charge is 0.119 e. The van der Waals surface area contributed by atoms with Gasteiger partial charge in [0.2, 0.25) is 0 Å². The van der Waals surface area contributed by atoms with Crippen molar-refractivity contribution in [1.29, 1.82) is 0 Å². The molecule has 0 bridgehead atoms. The van der Waals surface area contributed by atoms with Crippen molar-refractivity contribution in [2.75, 3.05) is 0 Å². The van der Waals surface area contributed by atoms with Crippen LogP contribution in [-0.4, -0.2) is 0 Å². The highest BCUT2D eigenvalue weighted by atomic mass is 14.4. The first-order valence-electron chi connectivity index (χ1n) is 3.72. The molecule has 0 nitrogen and oxygen atoms in total. The fourth-order valence-electron chi connectivity index (χ4n) is 1.19. The maximum atomic E-state index is 5.40. The summed E-state index contributed by atoms with van der Waals surface area (Å²) in [5.41, 5.74) is 1.14. The predicted octanol–water partition coefficient (Wildman–Crippen LogP) is 2.70. The van der Waals surface area contributed by atoms with Crippen LogP contribution < -0.4 is 0 Å². The van der Waals surface area contributed by atoms with Crippen LogP contribution >= 0.6 is 0 Å². The third-order valence-electron chi connectivity index (χ3n) is 2.10. The first-order valence-corrected chi connectivity index (χ1v) is 3.72. The Morgan fingerprint density at radius 1 is 1.45 bits per heavy atom. The average Bonchev–Trinajstić information content (AvgIpc) is 2.81. The summed E-state index contributed by atoms with van der Waals surface area (Å²) in [5.74, 6) is 2.80. The summed E-state index contributed by atoms with van der Waals surface area (Å²) in [7, 11) is 0. The molecule has 0 amide bonds. The molecule has 0 radical (unpaired) electrons. The molecule has 1 rings (SSSR count). The van der Waals surface area contributed by atoms with Crippen LogP contribution in [0.5, 0.6) is 0 Å². The summed E-state index contributed by atoms with van der Waals surface area (Å²) in [6.45, 7) is 7.35. The van der Waals surface area contributed by atoms with Gasteiger partial charge in [0.05, 0.1) is 5.41 Å². The Kier molecular flexibility index (Phi) is 2.01. The van der Waals surface area contributed by atoms with Crippen molar-refractivity contribution in [3.05, 3.63) is 37.0 Å². The molecule has 0 spiro atoms. The molecule has 1 saturated carbocycles. The number of hydrogen-bond donors (Lipinski definition) is 0. The molecule has 0 heteroatoms. The maximum Gasteiger partial charge on any atom is 0.0561 e. The lowest BCUT2D eigenvalue weighted by molar-refractivity contribution is 0.849. The standard InChI is InChI=1S/C11H12/c1-4-7-10(5-2)11(6-3)8-9-11/h3-5,7H,1-2,8-9H2/b10-7+. The van der Waals surface area contributed by atoms with E-state index in [1.165, 1.54) is 0 Å². The van der Waals surface area contributed by atoms with E-state index >= 15 is 0 Å². The molecule has 0 aliphatic heterocycles. The van der Waals surface area contributed by atoms with Gasteiger partial charge in [0.15, 0.2) is 0 Å². The molecule has 0 aromatic rings. The van der Waals surface area contributed by atoms with Crippen LogP contribution in [0, 0.1) is 17.8 Å². The van der Waals surface area contributed by atoms with Gasteiger partial charge in [-0.2, -0.15) is 0 Å². The van der Waals surface area contributed by atoms with E-state index in [4.69, 9.17) is 6.42 Å². The Morgan fingerprint density at radius 3 is 2.36 bits per heavy atom. The number of rotatable bonds is 3. The molecule has 1 aliphatic rings. The highest BCUT2D eigenvalue weighted by Gasteiger charge is 2.42. The fraction of sp³-hybridized carbons (Fsp3) is 0.273. The Hall–Kier alpha value is -1.22. The van der Waals surface area contributed by atoms with E-state index in [0.29, 0.717) is 0 Å². The van der Waals surface area contributed by atoms with Gasteiger partial charge < -0.3 is 0 Å². The fourth-order valence-corrected chi connectivity index (χ4v) is 1.19. The number of hydrogen-bond acceptors (Lipinski definition) is 0. The van der Waals surface area contributed by atoms with Gasteiger partial charge in [0.1, 0.15) is 0 Å². The highest BCUT2D eigenvalue weighted by Crippen LogP contribution is 2.51. The van der Waals surface area contributed by atoms with Gasteiger partial charge in [0, 0.05) is 0 Å². The van der Waals surface area contributed by atoms with E-state index < -0.39 is 0 Å². The molecular weight excluding hydrogens is 132 g/mol. The number of allylic oxidation sites excluding steroid dienone is 4. The van der Waals surface area contributed by atoms with E-state index in [2.05, 4.69) is 19.1 Å². The second-order valence-electron chi connectivity index (χ2n) is 2.79. The smallest absolute Gasteiger partial charge is 0.0561 e. The lowest BCUT2D eigenvalue weighted by Crippen LogP contribution is -1.97. The summed E-state index contributed by atoms with van der Waals surface area (Å²) in [6, 6.07) is 0. The van der Waals surface area contributed by atoms with Gasteiger partial charge >= 0.3 is 0 Å². The van der Waals surface area contributed by atoms with Crippen LogP contribution in [0.25, 0.3) is 0 Å². The predicted molar refractivity (Wildman–Crippen MR) is 49.0 cm³/mol. The van der Waals surface area contributed by atoms with Crippen LogP contribution in [0.2, 0.25) is 0 Å². The monoisotopic (exact) mass is 144 g/mol. The third-order valence-corrected chi connectivity index (χ3v) is 2.10. The van der Waals surface area contributed by atoms with Crippen molar-refractivity contribution in [2.24, 2.45) is 5.41 Å². The molecule has 0 unspecified atom stereocenters. The van der Waals surface area contributed by atoms with Crippen LogP contribution in [0.15, 0.2) is 37.0 Å². The van der Waals surface area contributed by atoms with Crippen molar-refractivity contribution in [3.63, 3.8) is 0 Å². The van der Waals surface area contributed by atoms with Crippen LogP contribution in [-0.2, 0) is 0 Å². The lowest BCUT2D eigenvalue weighted by atomic mass is 9.96. The van der Waals surface area contributed by atoms with Gasteiger partial charge in [-0.1, -0.05) is 37.3 Å². The Bertz CT molecular complexity index is 244. The zero-order chi connectivity index (χ0) is 8.32. The lowest BCUT2D eigenvalue weighted by Gasteiger charge is -2.06. The molecule has 0 N–H and O–H groups in total. The maximum absolute atomic E-state index is 5.40. The molecule has 0 aromatic heterocycles. The zero-order valence-electron chi connectivity index (χ0n) is 6.64. The molecule has 0 heterocycles. The molecule has 0 aromatic carbocycles. The quantitative estimate of drug-likeness (QED) is 0.422. The normalized spacial score (nSPS) is 20.1. The second kappa shape index (κ2) is 2.80. The van der Waals surface area contributed by atoms with Gasteiger partial charge in [-0.25, -0.2) is 0 Å². The molecule has 56 valence electrons. The van der Waals surface area contributed by atoms with Gasteiger partial charge in [-0.15, -0.1) is 6.42 Å². The minimum absolute atomic E-state index is 0.00986. The van der Waals surface area contributed by atoms with Crippen molar-refractivity contribution < 1.29 is 0 Å². The van der Waals surface area contributed by atoms with Crippen LogP contribution in [0.1, 0.15) is 12.8 Å². The SMILES string of the molecule is C#CC1(/C(C=C)=C/C=C)CC1. The van der Waals surface area contributed by atoms with Crippen molar-refractivity contribution >= 4 is 0 Å². The van der Waals surface area contributed by atoms with Gasteiger partial charge in [-0.05, 0) is 18.4 Å². The summed E-state index contributed by atoms with van der Waals surface area (Å²) < 4.78 is 0. The van der Waals surface area contributed by atoms with Crippen molar-refractivity contribution in [3.8, 4) is 12.3 Å². The van der Waals surface area contributed by atoms with E-state index in [1.54, 1.807) is 6.08 Å². The first kappa shape index (κ1) is 7.88. The Balaban J connectivity index is 2.88. The molecule has 0 atom stereocenters. The van der Waals surface area contributed by atoms with Gasteiger partial charge in [0.25, 0.3) is 0 Å². The molecular formula is C11H12. The minimum Gasteiger partial charge on any atom is -0.119 e. The minimum atomic E-state index is 0.00986. The summed E-state index contributed by atoms with van der Waals surface area (Å²) >= 11 is 0.